The summed E-state index contributed by atoms with van der Waals surface area (Å²) in [5.74, 6) is 0.218. The molecule has 0 aliphatic heterocycles. The second-order valence-corrected chi connectivity index (χ2v) is 8.12. The lowest BCUT2D eigenvalue weighted by molar-refractivity contribution is 0.0665. The molecule has 0 aliphatic rings. The first kappa shape index (κ1) is 19.4. The van der Waals surface area contributed by atoms with Gasteiger partial charge < -0.3 is 9.84 Å². The summed E-state index contributed by atoms with van der Waals surface area (Å²) in [4.78, 5) is 1.54. The molecule has 0 amide bonds. The monoisotopic (exact) mass is 367 g/mol. The van der Waals surface area contributed by atoms with Crippen molar-refractivity contribution >= 4 is 11.0 Å². The van der Waals surface area contributed by atoms with Crippen molar-refractivity contribution in [2.24, 2.45) is 0 Å². The van der Waals surface area contributed by atoms with Gasteiger partial charge >= 0.3 is 0 Å². The molecule has 1 atom stereocenters. The fraction of sp³-hybridized carbons (Fsp3) is 0.455. The van der Waals surface area contributed by atoms with Crippen LogP contribution in [0.15, 0.2) is 36.4 Å². The van der Waals surface area contributed by atoms with Gasteiger partial charge in [-0.1, -0.05) is 45.9 Å². The van der Waals surface area contributed by atoms with E-state index in [9.17, 15) is 5.11 Å². The minimum atomic E-state index is -0.0582. The molecule has 1 aromatic heterocycles. The first-order valence-electron chi connectivity index (χ1n) is 9.60. The summed E-state index contributed by atoms with van der Waals surface area (Å²) in [6, 6.07) is 11.8. The van der Waals surface area contributed by atoms with E-state index in [2.05, 4.69) is 44.0 Å². The third-order valence-electron chi connectivity index (χ3n) is 4.65. The Morgan fingerprint density at radius 2 is 1.74 bits per heavy atom. The highest BCUT2D eigenvalue weighted by Gasteiger charge is 2.22. The Kier molecular flexibility index (Phi) is 5.51. The van der Waals surface area contributed by atoms with Crippen LogP contribution in [-0.4, -0.2) is 32.8 Å². The Morgan fingerprint density at radius 1 is 1.11 bits per heavy atom. The smallest absolute Gasteiger partial charge is 0.146 e. The van der Waals surface area contributed by atoms with E-state index in [1.807, 2.05) is 37.3 Å². The number of nitrogens with zero attached hydrogens (tertiary/aromatic N) is 3. The maximum absolute atomic E-state index is 11.0. The highest BCUT2D eigenvalue weighted by molar-refractivity contribution is 5.73. The third kappa shape index (κ3) is 4.30. The first-order chi connectivity index (χ1) is 12.8. The molecule has 2 aromatic carbocycles. The predicted molar refractivity (Wildman–Crippen MR) is 109 cm³/mol. The average molecular weight is 367 g/mol. The standard InChI is InChI=1S/C22H29N3O2/c1-6-11-27-15(2)12-16-13-17(22(3,4)5)14-20(21(16)26)25-23-18-9-7-8-10-19(18)24-25/h7-10,13-15,26H,6,11-12H2,1-5H3. The van der Waals surface area contributed by atoms with Crippen LogP contribution < -0.4 is 0 Å². The number of ether oxygens (including phenoxy) is 1. The maximum Gasteiger partial charge on any atom is 0.146 e. The fourth-order valence-corrected chi connectivity index (χ4v) is 3.07. The summed E-state index contributed by atoms with van der Waals surface area (Å²) >= 11 is 0. The van der Waals surface area contributed by atoms with Gasteiger partial charge in [0, 0.05) is 13.0 Å². The first-order valence-corrected chi connectivity index (χ1v) is 9.60. The Morgan fingerprint density at radius 3 is 2.30 bits per heavy atom. The van der Waals surface area contributed by atoms with Crippen molar-refractivity contribution in [2.75, 3.05) is 6.61 Å². The molecule has 3 rings (SSSR count). The number of phenols is 1. The number of benzene rings is 2. The van der Waals surface area contributed by atoms with Crippen molar-refractivity contribution in [3.8, 4) is 11.4 Å². The fourth-order valence-electron chi connectivity index (χ4n) is 3.07. The Bertz CT molecular complexity index is 892. The van der Waals surface area contributed by atoms with Crippen LogP contribution in [0.3, 0.4) is 0 Å². The van der Waals surface area contributed by atoms with Gasteiger partial charge in [0.05, 0.1) is 6.10 Å². The van der Waals surface area contributed by atoms with E-state index in [0.717, 1.165) is 35.2 Å². The molecule has 0 spiro atoms. The quantitative estimate of drug-likeness (QED) is 0.681. The highest BCUT2D eigenvalue weighted by Crippen LogP contribution is 2.34. The minimum absolute atomic E-state index is 0.0311. The third-order valence-corrected chi connectivity index (χ3v) is 4.65. The van der Waals surface area contributed by atoms with Gasteiger partial charge in [-0.15, -0.1) is 15.0 Å². The number of fused-ring (bicyclic) bond motifs is 1. The molecule has 0 bridgehead atoms. The summed E-state index contributed by atoms with van der Waals surface area (Å²) in [7, 11) is 0. The number of aromatic nitrogens is 3. The zero-order chi connectivity index (χ0) is 19.6. The molecule has 1 unspecified atom stereocenters. The van der Waals surface area contributed by atoms with Crippen LogP contribution in [0.5, 0.6) is 5.75 Å². The number of hydrogen-bond acceptors (Lipinski definition) is 4. The molecule has 0 saturated heterocycles. The van der Waals surface area contributed by atoms with E-state index < -0.39 is 0 Å². The maximum atomic E-state index is 11.0. The lowest BCUT2D eigenvalue weighted by Crippen LogP contribution is -2.16. The molecule has 0 radical (unpaired) electrons. The van der Waals surface area contributed by atoms with Crippen LogP contribution in [0.2, 0.25) is 0 Å². The number of rotatable bonds is 6. The lowest BCUT2D eigenvalue weighted by atomic mass is 9.85. The molecule has 5 heteroatoms. The minimum Gasteiger partial charge on any atom is -0.505 e. The number of hydrogen-bond donors (Lipinski definition) is 1. The van der Waals surface area contributed by atoms with E-state index in [1.54, 1.807) is 0 Å². The predicted octanol–water partition coefficient (Wildman–Crippen LogP) is 4.78. The molecular formula is C22H29N3O2. The van der Waals surface area contributed by atoms with Crippen LogP contribution in [0.1, 0.15) is 52.2 Å². The molecule has 3 aromatic rings. The van der Waals surface area contributed by atoms with Crippen molar-refractivity contribution in [1.82, 2.24) is 15.0 Å². The van der Waals surface area contributed by atoms with Gasteiger partial charge in [-0.3, -0.25) is 0 Å². The van der Waals surface area contributed by atoms with Gasteiger partial charge in [0.1, 0.15) is 22.5 Å². The van der Waals surface area contributed by atoms with Crippen molar-refractivity contribution < 1.29 is 9.84 Å². The molecule has 27 heavy (non-hydrogen) atoms. The van der Waals surface area contributed by atoms with Crippen LogP contribution >= 0.6 is 0 Å². The van der Waals surface area contributed by atoms with Crippen molar-refractivity contribution in [1.29, 1.82) is 0 Å². The molecule has 1 N–H and O–H groups in total. The van der Waals surface area contributed by atoms with Gasteiger partial charge in [-0.2, -0.15) is 0 Å². The Balaban J connectivity index is 2.07. The highest BCUT2D eigenvalue weighted by atomic mass is 16.5. The van der Waals surface area contributed by atoms with Crippen LogP contribution in [-0.2, 0) is 16.6 Å². The van der Waals surface area contributed by atoms with E-state index in [1.165, 1.54) is 4.80 Å². The summed E-state index contributed by atoms with van der Waals surface area (Å²) < 4.78 is 5.82. The summed E-state index contributed by atoms with van der Waals surface area (Å²) in [5.41, 5.74) is 4.16. The van der Waals surface area contributed by atoms with Gasteiger partial charge in [-0.25, -0.2) is 0 Å². The van der Waals surface area contributed by atoms with Crippen LogP contribution in [0, 0.1) is 0 Å². The average Bonchev–Trinajstić information content (AvgIpc) is 3.04. The largest absolute Gasteiger partial charge is 0.505 e. The van der Waals surface area contributed by atoms with Crippen molar-refractivity contribution in [2.45, 2.75) is 59.0 Å². The molecule has 1 heterocycles. The molecule has 0 saturated carbocycles. The molecule has 5 nitrogen and oxygen atoms in total. The van der Waals surface area contributed by atoms with Gasteiger partial charge in [-0.05, 0) is 48.1 Å². The Hall–Kier alpha value is -2.40. The normalized spacial score (nSPS) is 13.2. The lowest BCUT2D eigenvalue weighted by Gasteiger charge is -2.23. The zero-order valence-corrected chi connectivity index (χ0v) is 16.9. The number of phenolic OH excluding ortho intramolecular Hbond substituents is 1. The van der Waals surface area contributed by atoms with E-state index in [-0.39, 0.29) is 17.3 Å². The van der Waals surface area contributed by atoms with Crippen molar-refractivity contribution in [3.05, 3.63) is 47.5 Å². The van der Waals surface area contributed by atoms with Crippen LogP contribution in [0.25, 0.3) is 16.7 Å². The van der Waals surface area contributed by atoms with E-state index in [4.69, 9.17) is 4.74 Å². The molecular weight excluding hydrogens is 338 g/mol. The van der Waals surface area contributed by atoms with Gasteiger partial charge in [0.15, 0.2) is 0 Å². The van der Waals surface area contributed by atoms with Crippen LogP contribution in [0.4, 0.5) is 0 Å². The second-order valence-electron chi connectivity index (χ2n) is 8.12. The SMILES string of the molecule is CCCOC(C)Cc1cc(C(C)(C)C)cc(-n2nc3ccccc3n2)c1O. The summed E-state index contributed by atoms with van der Waals surface area (Å²) in [6.07, 6.45) is 1.65. The summed E-state index contributed by atoms with van der Waals surface area (Å²) in [5, 5.41) is 20.1. The topological polar surface area (TPSA) is 60.2 Å². The number of aromatic hydroxyl groups is 1. The van der Waals surface area contributed by atoms with Gasteiger partial charge in [0.2, 0.25) is 0 Å². The molecule has 0 fully saturated rings. The second kappa shape index (κ2) is 7.69. The molecule has 0 aliphatic carbocycles. The Labute approximate surface area is 161 Å². The van der Waals surface area contributed by atoms with Gasteiger partial charge in [0.25, 0.3) is 0 Å². The summed E-state index contributed by atoms with van der Waals surface area (Å²) in [6.45, 7) is 11.3. The molecule has 144 valence electrons. The van der Waals surface area contributed by atoms with E-state index in [0.29, 0.717) is 12.1 Å². The van der Waals surface area contributed by atoms with E-state index >= 15 is 0 Å². The zero-order valence-electron chi connectivity index (χ0n) is 16.9. The van der Waals surface area contributed by atoms with Crippen molar-refractivity contribution in [3.63, 3.8) is 0 Å².